The zero-order valence-electron chi connectivity index (χ0n) is 20.9. The minimum atomic E-state index is -0.442. The molecule has 0 amide bonds. The number of nitrogens with zero attached hydrogens (tertiary/aromatic N) is 1. The van der Waals surface area contributed by atoms with Crippen LogP contribution in [0.3, 0.4) is 0 Å². The lowest BCUT2D eigenvalue weighted by Crippen LogP contribution is -2.31. The smallest absolute Gasteiger partial charge is 0.337 e. The van der Waals surface area contributed by atoms with Crippen molar-refractivity contribution in [2.24, 2.45) is 17.0 Å². The van der Waals surface area contributed by atoms with E-state index in [4.69, 9.17) is 58.6 Å². The molecule has 6 rings (SSSR count). The standard InChI is InChI=1S/C29H24Cl3NO6/c1-35-29(34)16-7-10-23-24(11-16)37-14-25(38-23)18-9-8-17(12-22(18)32)36-13-19-27(33-39-28(19)15-5-6-15)26-20(30)3-2-4-21(26)31/h2-4,7-12,15,19,25,28H,5-6,13-14H2,1H3. The van der Waals surface area contributed by atoms with Crippen molar-refractivity contribution < 1.29 is 28.6 Å². The molecule has 0 saturated heterocycles. The number of oxime groups is 1. The lowest BCUT2D eigenvalue weighted by atomic mass is 9.90. The summed E-state index contributed by atoms with van der Waals surface area (Å²) in [6, 6.07) is 15.8. The van der Waals surface area contributed by atoms with Gasteiger partial charge in [0.2, 0.25) is 0 Å². The quantitative estimate of drug-likeness (QED) is 0.273. The monoisotopic (exact) mass is 587 g/mol. The van der Waals surface area contributed by atoms with Gasteiger partial charge in [-0.2, -0.15) is 0 Å². The molecule has 3 aromatic rings. The fraction of sp³-hybridized carbons (Fsp3) is 0.310. The number of hydrogen-bond acceptors (Lipinski definition) is 7. The number of halogens is 3. The van der Waals surface area contributed by atoms with E-state index in [-0.39, 0.29) is 18.6 Å². The molecule has 10 heteroatoms. The highest BCUT2D eigenvalue weighted by Crippen LogP contribution is 2.44. The Bertz CT molecular complexity index is 1440. The molecular formula is C29H24Cl3NO6. The Morgan fingerprint density at radius 1 is 1.00 bits per heavy atom. The van der Waals surface area contributed by atoms with Crippen LogP contribution in [0.4, 0.5) is 0 Å². The second-order valence-electron chi connectivity index (χ2n) is 9.65. The van der Waals surface area contributed by atoms with Crippen molar-refractivity contribution in [3.05, 3.63) is 86.4 Å². The molecule has 1 saturated carbocycles. The first-order chi connectivity index (χ1) is 18.9. The van der Waals surface area contributed by atoms with Crippen LogP contribution >= 0.6 is 34.8 Å². The number of carbonyl (C=O) groups excluding carboxylic acids is 1. The van der Waals surface area contributed by atoms with Crippen LogP contribution in [0, 0.1) is 11.8 Å². The number of fused-ring (bicyclic) bond motifs is 1. The molecule has 1 aliphatic carbocycles. The Morgan fingerprint density at radius 3 is 2.51 bits per heavy atom. The third-order valence-electron chi connectivity index (χ3n) is 7.10. The predicted octanol–water partition coefficient (Wildman–Crippen LogP) is 7.15. The maximum Gasteiger partial charge on any atom is 0.337 e. The summed E-state index contributed by atoms with van der Waals surface area (Å²) in [7, 11) is 1.33. The molecule has 3 unspecified atom stereocenters. The summed E-state index contributed by atoms with van der Waals surface area (Å²) >= 11 is 19.6. The molecule has 39 heavy (non-hydrogen) atoms. The van der Waals surface area contributed by atoms with Gasteiger partial charge in [-0.3, -0.25) is 0 Å². The van der Waals surface area contributed by atoms with Crippen LogP contribution in [-0.4, -0.2) is 38.1 Å². The van der Waals surface area contributed by atoms with Crippen molar-refractivity contribution >= 4 is 46.5 Å². The molecule has 2 aliphatic heterocycles. The molecule has 0 spiro atoms. The number of benzene rings is 3. The average molecular weight is 589 g/mol. The van der Waals surface area contributed by atoms with Crippen LogP contribution in [0.1, 0.15) is 40.4 Å². The second kappa shape index (κ2) is 10.8. The highest BCUT2D eigenvalue weighted by Gasteiger charge is 2.46. The molecular weight excluding hydrogens is 565 g/mol. The summed E-state index contributed by atoms with van der Waals surface area (Å²) in [5, 5.41) is 5.92. The average Bonchev–Trinajstić information content (AvgIpc) is 3.71. The number of carbonyl (C=O) groups is 1. The van der Waals surface area contributed by atoms with Crippen molar-refractivity contribution in [1.29, 1.82) is 0 Å². The van der Waals surface area contributed by atoms with E-state index >= 15 is 0 Å². The molecule has 3 atom stereocenters. The molecule has 1 fully saturated rings. The summed E-state index contributed by atoms with van der Waals surface area (Å²) in [4.78, 5) is 17.6. The summed E-state index contributed by atoms with van der Waals surface area (Å²) in [6.07, 6.45) is 1.68. The Kier molecular flexibility index (Phi) is 7.23. The fourth-order valence-corrected chi connectivity index (χ4v) is 5.80. The summed E-state index contributed by atoms with van der Waals surface area (Å²) < 4.78 is 23.0. The van der Waals surface area contributed by atoms with Crippen LogP contribution in [0.15, 0.2) is 59.8 Å². The number of methoxy groups -OCH3 is 1. The van der Waals surface area contributed by atoms with E-state index in [1.165, 1.54) is 7.11 Å². The van der Waals surface area contributed by atoms with Gasteiger partial charge in [0.05, 0.1) is 33.7 Å². The van der Waals surface area contributed by atoms with Gasteiger partial charge in [-0.05, 0) is 61.2 Å². The molecule has 0 bridgehead atoms. The lowest BCUT2D eigenvalue weighted by Gasteiger charge is -2.27. The maximum atomic E-state index is 11.8. The van der Waals surface area contributed by atoms with Crippen molar-refractivity contribution in [1.82, 2.24) is 0 Å². The van der Waals surface area contributed by atoms with Gasteiger partial charge in [-0.15, -0.1) is 0 Å². The van der Waals surface area contributed by atoms with E-state index in [2.05, 4.69) is 5.16 Å². The molecule has 7 nitrogen and oxygen atoms in total. The predicted molar refractivity (Wildman–Crippen MR) is 148 cm³/mol. The van der Waals surface area contributed by atoms with Gasteiger partial charge in [0.15, 0.2) is 17.6 Å². The number of rotatable bonds is 7. The minimum Gasteiger partial charge on any atom is -0.493 e. The van der Waals surface area contributed by atoms with Gasteiger partial charge in [0, 0.05) is 11.1 Å². The van der Waals surface area contributed by atoms with E-state index in [0.717, 1.165) is 18.4 Å². The van der Waals surface area contributed by atoms with Gasteiger partial charge in [0.25, 0.3) is 0 Å². The van der Waals surface area contributed by atoms with Crippen LogP contribution in [-0.2, 0) is 9.57 Å². The highest BCUT2D eigenvalue weighted by atomic mass is 35.5. The topological polar surface area (TPSA) is 75.6 Å². The second-order valence-corrected chi connectivity index (χ2v) is 10.9. The first kappa shape index (κ1) is 26.1. The Balaban J connectivity index is 1.16. The third kappa shape index (κ3) is 5.23. The number of esters is 1. The molecule has 3 aromatic carbocycles. The van der Waals surface area contributed by atoms with Crippen LogP contribution in [0.5, 0.6) is 17.2 Å². The van der Waals surface area contributed by atoms with Gasteiger partial charge in [-0.1, -0.05) is 52.1 Å². The third-order valence-corrected chi connectivity index (χ3v) is 8.06. The normalized spacial score (nSPS) is 21.6. The van der Waals surface area contributed by atoms with E-state index in [1.807, 2.05) is 12.1 Å². The fourth-order valence-electron chi connectivity index (χ4n) is 4.91. The largest absolute Gasteiger partial charge is 0.493 e. The zero-order valence-corrected chi connectivity index (χ0v) is 23.1. The Labute approximate surface area is 240 Å². The molecule has 0 aromatic heterocycles. The lowest BCUT2D eigenvalue weighted by molar-refractivity contribution is 0.0340. The number of ether oxygens (including phenoxy) is 4. The van der Waals surface area contributed by atoms with Gasteiger partial charge in [-0.25, -0.2) is 4.79 Å². The van der Waals surface area contributed by atoms with Crippen molar-refractivity contribution in [3.63, 3.8) is 0 Å². The first-order valence-electron chi connectivity index (χ1n) is 12.5. The molecule has 0 radical (unpaired) electrons. The first-order valence-corrected chi connectivity index (χ1v) is 13.7. The number of hydrogen-bond donors (Lipinski definition) is 0. The van der Waals surface area contributed by atoms with Crippen LogP contribution < -0.4 is 14.2 Å². The summed E-state index contributed by atoms with van der Waals surface area (Å²) in [6.45, 7) is 0.564. The van der Waals surface area contributed by atoms with Crippen molar-refractivity contribution in [3.8, 4) is 17.2 Å². The molecule has 0 N–H and O–H groups in total. The van der Waals surface area contributed by atoms with E-state index < -0.39 is 12.1 Å². The minimum absolute atomic E-state index is 0.0883. The zero-order chi connectivity index (χ0) is 27.1. The summed E-state index contributed by atoms with van der Waals surface area (Å²) in [5.41, 5.74) is 2.53. The summed E-state index contributed by atoms with van der Waals surface area (Å²) in [5.74, 6) is 1.47. The molecule has 2 heterocycles. The van der Waals surface area contributed by atoms with E-state index in [0.29, 0.717) is 61.7 Å². The Morgan fingerprint density at radius 2 is 1.79 bits per heavy atom. The van der Waals surface area contributed by atoms with Gasteiger partial charge >= 0.3 is 5.97 Å². The highest BCUT2D eigenvalue weighted by molar-refractivity contribution is 6.40. The van der Waals surface area contributed by atoms with E-state index in [1.54, 1.807) is 42.5 Å². The van der Waals surface area contributed by atoms with E-state index in [9.17, 15) is 4.79 Å². The van der Waals surface area contributed by atoms with Crippen LogP contribution in [0.2, 0.25) is 15.1 Å². The molecule has 3 aliphatic rings. The van der Waals surface area contributed by atoms with Crippen molar-refractivity contribution in [2.45, 2.75) is 25.0 Å². The van der Waals surface area contributed by atoms with Crippen molar-refractivity contribution in [2.75, 3.05) is 20.3 Å². The maximum absolute atomic E-state index is 11.8. The Hall–Kier alpha value is -3.13. The van der Waals surface area contributed by atoms with Gasteiger partial charge in [0.1, 0.15) is 30.8 Å². The van der Waals surface area contributed by atoms with Crippen LogP contribution in [0.25, 0.3) is 0 Å². The SMILES string of the molecule is COC(=O)c1ccc2c(c1)OCC(c1ccc(OCC3C(c4c(Cl)cccc4Cl)=NOC3C3CC3)cc1Cl)O2. The molecule has 202 valence electrons. The van der Waals surface area contributed by atoms with Gasteiger partial charge < -0.3 is 23.8 Å².